The van der Waals surface area contributed by atoms with Crippen molar-refractivity contribution in [1.82, 2.24) is 15.1 Å². The minimum Gasteiger partial charge on any atom is -0.310 e. The van der Waals surface area contributed by atoms with Crippen molar-refractivity contribution in [3.05, 3.63) is 18.0 Å². The van der Waals surface area contributed by atoms with Crippen molar-refractivity contribution in [2.24, 2.45) is 0 Å². The molecule has 3 nitrogen and oxygen atoms in total. The summed E-state index contributed by atoms with van der Waals surface area (Å²) in [5, 5.41) is 8.02. The van der Waals surface area contributed by atoms with E-state index < -0.39 is 0 Å². The van der Waals surface area contributed by atoms with Crippen molar-refractivity contribution >= 4 is 0 Å². The van der Waals surface area contributed by atoms with E-state index in [9.17, 15) is 0 Å². The second-order valence-corrected chi connectivity index (χ2v) is 5.83. The van der Waals surface area contributed by atoms with Crippen LogP contribution in [0.25, 0.3) is 0 Å². The number of nitrogens with zero attached hydrogens (tertiary/aromatic N) is 2. The quantitative estimate of drug-likeness (QED) is 0.850. The van der Waals surface area contributed by atoms with Gasteiger partial charge in [-0.25, -0.2) is 0 Å². The van der Waals surface area contributed by atoms with E-state index in [1.54, 1.807) is 0 Å². The molecule has 1 saturated carbocycles. The molecule has 0 amide bonds. The predicted octanol–water partition coefficient (Wildman–Crippen LogP) is 2.67. The van der Waals surface area contributed by atoms with Gasteiger partial charge in [-0.3, -0.25) is 4.68 Å². The lowest BCUT2D eigenvalue weighted by molar-refractivity contribution is 0.355. The molecule has 0 spiro atoms. The number of nitrogens with one attached hydrogen (secondary N) is 1. The van der Waals surface area contributed by atoms with Crippen LogP contribution in [0.2, 0.25) is 0 Å². The van der Waals surface area contributed by atoms with Crippen LogP contribution in [-0.2, 0) is 12.1 Å². The molecule has 0 radical (unpaired) electrons. The lowest BCUT2D eigenvalue weighted by Crippen LogP contribution is -2.25. The fourth-order valence-electron chi connectivity index (χ4n) is 2.21. The summed E-state index contributed by atoms with van der Waals surface area (Å²) in [5.41, 5.74) is 1.38. The summed E-state index contributed by atoms with van der Waals surface area (Å²) in [6.07, 6.45) is 9.59. The normalized spacial score (nSPS) is 18.2. The van der Waals surface area contributed by atoms with Crippen LogP contribution in [0.4, 0.5) is 0 Å². The molecule has 0 saturated heterocycles. The van der Waals surface area contributed by atoms with E-state index in [0.29, 0.717) is 0 Å². The third-order valence-electron chi connectivity index (χ3n) is 3.27. The zero-order valence-corrected chi connectivity index (χ0v) is 10.7. The molecule has 90 valence electrons. The van der Waals surface area contributed by atoms with Crippen molar-refractivity contribution in [3.63, 3.8) is 0 Å². The first-order chi connectivity index (χ1) is 7.55. The van der Waals surface area contributed by atoms with Crippen LogP contribution in [0.5, 0.6) is 0 Å². The molecule has 0 unspecified atom stereocenters. The van der Waals surface area contributed by atoms with Crippen molar-refractivity contribution in [2.45, 2.75) is 64.6 Å². The van der Waals surface area contributed by atoms with Gasteiger partial charge in [0.2, 0.25) is 0 Å². The fourth-order valence-corrected chi connectivity index (χ4v) is 2.21. The van der Waals surface area contributed by atoms with Crippen LogP contribution < -0.4 is 5.32 Å². The molecule has 1 aliphatic carbocycles. The maximum atomic E-state index is 4.41. The van der Waals surface area contributed by atoms with Crippen molar-refractivity contribution in [3.8, 4) is 0 Å². The molecule has 0 atom stereocenters. The topological polar surface area (TPSA) is 29.9 Å². The van der Waals surface area contributed by atoms with E-state index in [4.69, 9.17) is 0 Å². The standard InChI is InChI=1S/C13H23N3/c1-13(2,3)16-10-11(9-15-16)8-14-12-6-4-5-7-12/h9-10,12,14H,4-8H2,1-3H3. The summed E-state index contributed by atoms with van der Waals surface area (Å²) >= 11 is 0. The monoisotopic (exact) mass is 221 g/mol. The van der Waals surface area contributed by atoms with Crippen LogP contribution in [0.3, 0.4) is 0 Å². The Morgan fingerprint density at radius 3 is 2.62 bits per heavy atom. The van der Waals surface area contributed by atoms with Gasteiger partial charge in [0.1, 0.15) is 0 Å². The first kappa shape index (κ1) is 11.6. The molecule has 1 aromatic heterocycles. The molecule has 2 rings (SSSR count). The first-order valence-corrected chi connectivity index (χ1v) is 6.33. The molecule has 1 aromatic rings. The summed E-state index contributed by atoms with van der Waals surface area (Å²) < 4.78 is 2.04. The highest BCUT2D eigenvalue weighted by Gasteiger charge is 2.16. The molecule has 0 aromatic carbocycles. The third kappa shape index (κ3) is 2.85. The SMILES string of the molecule is CC(C)(C)n1cc(CNC2CCCC2)cn1. The van der Waals surface area contributed by atoms with E-state index in [1.807, 2.05) is 10.9 Å². The van der Waals surface area contributed by atoms with Crippen molar-refractivity contribution < 1.29 is 0 Å². The summed E-state index contributed by atoms with van der Waals surface area (Å²) in [5.74, 6) is 0. The third-order valence-corrected chi connectivity index (χ3v) is 3.27. The molecule has 1 heterocycles. The second-order valence-electron chi connectivity index (χ2n) is 5.83. The Kier molecular flexibility index (Phi) is 3.33. The van der Waals surface area contributed by atoms with Crippen molar-refractivity contribution in [2.75, 3.05) is 0 Å². The Hall–Kier alpha value is -0.830. The summed E-state index contributed by atoms with van der Waals surface area (Å²) in [7, 11) is 0. The summed E-state index contributed by atoms with van der Waals surface area (Å²) in [6.45, 7) is 7.48. The Labute approximate surface area is 98.2 Å². The molecular formula is C13H23N3. The van der Waals surface area contributed by atoms with Crippen LogP contribution >= 0.6 is 0 Å². The molecule has 1 fully saturated rings. The highest BCUT2D eigenvalue weighted by molar-refractivity contribution is 5.05. The van der Waals surface area contributed by atoms with E-state index in [2.05, 4.69) is 37.4 Å². The Balaban J connectivity index is 1.87. The Morgan fingerprint density at radius 2 is 2.06 bits per heavy atom. The molecule has 0 bridgehead atoms. The maximum Gasteiger partial charge on any atom is 0.0543 e. The Morgan fingerprint density at radius 1 is 1.38 bits per heavy atom. The minimum atomic E-state index is 0.0889. The predicted molar refractivity (Wildman–Crippen MR) is 66.3 cm³/mol. The average Bonchev–Trinajstić information content (AvgIpc) is 2.85. The molecule has 1 N–H and O–H groups in total. The van der Waals surface area contributed by atoms with Crippen LogP contribution in [0, 0.1) is 0 Å². The van der Waals surface area contributed by atoms with E-state index in [0.717, 1.165) is 12.6 Å². The van der Waals surface area contributed by atoms with Crippen LogP contribution in [0.15, 0.2) is 12.4 Å². The van der Waals surface area contributed by atoms with E-state index >= 15 is 0 Å². The van der Waals surface area contributed by atoms with Crippen molar-refractivity contribution in [1.29, 1.82) is 0 Å². The van der Waals surface area contributed by atoms with Crippen LogP contribution in [0.1, 0.15) is 52.0 Å². The van der Waals surface area contributed by atoms with E-state index in [-0.39, 0.29) is 5.54 Å². The van der Waals surface area contributed by atoms with Gasteiger partial charge in [0, 0.05) is 24.3 Å². The second kappa shape index (κ2) is 4.58. The zero-order chi connectivity index (χ0) is 11.6. The number of hydrogen-bond acceptors (Lipinski definition) is 2. The smallest absolute Gasteiger partial charge is 0.0543 e. The van der Waals surface area contributed by atoms with Gasteiger partial charge in [0.15, 0.2) is 0 Å². The lowest BCUT2D eigenvalue weighted by atomic mass is 10.1. The van der Waals surface area contributed by atoms with Gasteiger partial charge < -0.3 is 5.32 Å². The van der Waals surface area contributed by atoms with Gasteiger partial charge >= 0.3 is 0 Å². The molecule has 16 heavy (non-hydrogen) atoms. The minimum absolute atomic E-state index is 0.0889. The van der Waals surface area contributed by atoms with Gasteiger partial charge in [0.05, 0.1) is 11.7 Å². The molecule has 3 heteroatoms. The van der Waals surface area contributed by atoms with Gasteiger partial charge in [-0.2, -0.15) is 5.10 Å². The highest BCUT2D eigenvalue weighted by Crippen LogP contribution is 2.18. The summed E-state index contributed by atoms with van der Waals surface area (Å²) in [6, 6.07) is 0.734. The van der Waals surface area contributed by atoms with Gasteiger partial charge in [-0.1, -0.05) is 12.8 Å². The number of hydrogen-bond donors (Lipinski definition) is 1. The number of rotatable bonds is 3. The molecule has 0 aliphatic heterocycles. The molecule has 1 aliphatic rings. The fraction of sp³-hybridized carbons (Fsp3) is 0.769. The molecular weight excluding hydrogens is 198 g/mol. The van der Waals surface area contributed by atoms with Gasteiger partial charge in [-0.15, -0.1) is 0 Å². The van der Waals surface area contributed by atoms with Gasteiger partial charge in [-0.05, 0) is 33.6 Å². The zero-order valence-electron chi connectivity index (χ0n) is 10.7. The largest absolute Gasteiger partial charge is 0.310 e. The first-order valence-electron chi connectivity index (χ1n) is 6.33. The summed E-state index contributed by atoms with van der Waals surface area (Å²) in [4.78, 5) is 0. The van der Waals surface area contributed by atoms with Crippen LogP contribution in [-0.4, -0.2) is 15.8 Å². The maximum absolute atomic E-state index is 4.41. The van der Waals surface area contributed by atoms with E-state index in [1.165, 1.54) is 31.2 Å². The Bertz CT molecular complexity index is 329. The highest BCUT2D eigenvalue weighted by atomic mass is 15.3. The lowest BCUT2D eigenvalue weighted by Gasteiger charge is -2.18. The average molecular weight is 221 g/mol. The number of aromatic nitrogens is 2. The van der Waals surface area contributed by atoms with Gasteiger partial charge in [0.25, 0.3) is 0 Å².